The molecule has 0 atom stereocenters. The van der Waals surface area contributed by atoms with E-state index in [1.54, 1.807) is 7.11 Å². The van der Waals surface area contributed by atoms with Crippen LogP contribution in [0.2, 0.25) is 0 Å². The molecule has 0 unspecified atom stereocenters. The number of hydrogen-bond donors (Lipinski definition) is 0. The van der Waals surface area contributed by atoms with Crippen molar-refractivity contribution in [2.75, 3.05) is 7.11 Å². The lowest BCUT2D eigenvalue weighted by Crippen LogP contribution is -2.18. The Bertz CT molecular complexity index is 978. The average molecular weight is 505 g/mol. The van der Waals surface area contributed by atoms with Crippen LogP contribution in [0.5, 0.6) is 5.75 Å². The maximum Gasteiger partial charge on any atom is 0.129 e. The third-order valence-electron chi connectivity index (χ3n) is 5.58. The molecule has 0 N–H and O–H groups in total. The van der Waals surface area contributed by atoms with Crippen LogP contribution in [0.1, 0.15) is 103 Å². The molecular weight excluding hydrogens is 448 g/mol. The molecule has 0 spiro atoms. The van der Waals surface area contributed by atoms with Crippen LogP contribution in [-0.4, -0.2) is 7.11 Å². The van der Waals surface area contributed by atoms with Crippen molar-refractivity contribution in [3.8, 4) is 5.75 Å². The standard InChI is InChI=1S/C17H26O.C8H10.C7H8.2C2H6/c1-9-12-10-13(16(2,3)4)11-14(15(12)18-8)17(5,6)7;1-7-5-3-4-6-8(7)2;1-7-5-3-2-4-6-7;2*1-2/h9-11H,1H2,2-8H3;3-6H,1-2H3;2-6H,1H3;2*1-2H3. The van der Waals surface area contributed by atoms with Gasteiger partial charge in [-0.15, -0.1) is 0 Å². The smallest absolute Gasteiger partial charge is 0.129 e. The van der Waals surface area contributed by atoms with Gasteiger partial charge in [-0.1, -0.05) is 148 Å². The number of methoxy groups -OCH3 is 1. The monoisotopic (exact) mass is 504 g/mol. The molecule has 37 heavy (non-hydrogen) atoms. The number of hydrogen-bond acceptors (Lipinski definition) is 1. The highest BCUT2D eigenvalue weighted by Crippen LogP contribution is 2.38. The fourth-order valence-corrected chi connectivity index (χ4v) is 3.22. The highest BCUT2D eigenvalue weighted by Gasteiger charge is 2.24. The molecule has 0 radical (unpaired) electrons. The van der Waals surface area contributed by atoms with E-state index in [1.807, 2.05) is 52.0 Å². The quantitative estimate of drug-likeness (QED) is 0.337. The second-order valence-corrected chi connectivity index (χ2v) is 10.6. The first-order valence-electron chi connectivity index (χ1n) is 13.7. The van der Waals surface area contributed by atoms with E-state index in [4.69, 9.17) is 4.74 Å². The third kappa shape index (κ3) is 13.9. The van der Waals surface area contributed by atoms with Crippen LogP contribution < -0.4 is 4.74 Å². The molecule has 206 valence electrons. The maximum atomic E-state index is 5.59. The first-order valence-corrected chi connectivity index (χ1v) is 13.7. The lowest BCUT2D eigenvalue weighted by Gasteiger charge is -2.28. The topological polar surface area (TPSA) is 9.23 Å². The first-order chi connectivity index (χ1) is 17.3. The van der Waals surface area contributed by atoms with E-state index in [-0.39, 0.29) is 10.8 Å². The molecule has 3 rings (SSSR count). The Hall–Kier alpha value is -2.80. The number of benzene rings is 3. The summed E-state index contributed by atoms with van der Waals surface area (Å²) in [6.07, 6.45) is 1.88. The fraction of sp³-hybridized carbons (Fsp3) is 0.444. The summed E-state index contributed by atoms with van der Waals surface area (Å²) in [7, 11) is 1.73. The predicted molar refractivity (Wildman–Crippen MR) is 170 cm³/mol. The summed E-state index contributed by atoms with van der Waals surface area (Å²) in [6, 6.07) is 23.1. The van der Waals surface area contributed by atoms with Crippen molar-refractivity contribution in [3.05, 3.63) is 107 Å². The summed E-state index contributed by atoms with van der Waals surface area (Å²) in [5.74, 6) is 0.950. The molecule has 0 aliphatic rings. The van der Waals surface area contributed by atoms with Crippen LogP contribution in [0.15, 0.2) is 73.3 Å². The van der Waals surface area contributed by atoms with E-state index in [0.29, 0.717) is 0 Å². The maximum absolute atomic E-state index is 5.59. The molecule has 1 nitrogen and oxygen atoms in total. The molecule has 1 heteroatoms. The molecule has 3 aromatic carbocycles. The fourth-order valence-electron chi connectivity index (χ4n) is 3.22. The summed E-state index contributed by atoms with van der Waals surface area (Å²) >= 11 is 0. The van der Waals surface area contributed by atoms with Crippen molar-refractivity contribution < 1.29 is 4.74 Å². The SMILES string of the molecule is C=Cc1cc(C(C)(C)C)cc(C(C)(C)C)c1OC.CC.CC.Cc1ccccc1.Cc1ccccc1C. The molecule has 0 aliphatic carbocycles. The van der Waals surface area contributed by atoms with E-state index in [2.05, 4.69) is 117 Å². The van der Waals surface area contributed by atoms with Gasteiger partial charge in [-0.3, -0.25) is 0 Å². The van der Waals surface area contributed by atoms with Crippen LogP contribution in [0.4, 0.5) is 0 Å². The van der Waals surface area contributed by atoms with Gasteiger partial charge < -0.3 is 4.74 Å². The van der Waals surface area contributed by atoms with Crippen molar-refractivity contribution in [2.45, 2.75) is 101 Å². The molecule has 0 bridgehead atoms. The second-order valence-electron chi connectivity index (χ2n) is 10.6. The second kappa shape index (κ2) is 18.4. The number of ether oxygens (including phenoxy) is 1. The molecule has 0 heterocycles. The van der Waals surface area contributed by atoms with Gasteiger partial charge in [-0.25, -0.2) is 0 Å². The summed E-state index contributed by atoms with van der Waals surface area (Å²) in [6.45, 7) is 31.6. The Morgan fingerprint density at radius 3 is 1.35 bits per heavy atom. The molecule has 0 aliphatic heterocycles. The molecular formula is C36H56O. The highest BCUT2D eigenvalue weighted by molar-refractivity contribution is 5.62. The third-order valence-corrected chi connectivity index (χ3v) is 5.58. The van der Waals surface area contributed by atoms with Crippen molar-refractivity contribution in [1.82, 2.24) is 0 Å². The Morgan fingerprint density at radius 2 is 1.08 bits per heavy atom. The number of rotatable bonds is 2. The zero-order valence-electron chi connectivity index (χ0n) is 26.5. The van der Waals surface area contributed by atoms with Crippen molar-refractivity contribution in [2.24, 2.45) is 0 Å². The van der Waals surface area contributed by atoms with Gasteiger partial charge in [0.25, 0.3) is 0 Å². The molecule has 0 saturated heterocycles. The largest absolute Gasteiger partial charge is 0.496 e. The van der Waals surface area contributed by atoms with Gasteiger partial charge in [0.2, 0.25) is 0 Å². The van der Waals surface area contributed by atoms with Gasteiger partial charge >= 0.3 is 0 Å². The molecule has 0 amide bonds. The van der Waals surface area contributed by atoms with Crippen molar-refractivity contribution in [3.63, 3.8) is 0 Å². The van der Waals surface area contributed by atoms with Crippen LogP contribution in [0.25, 0.3) is 6.08 Å². The van der Waals surface area contributed by atoms with Crippen LogP contribution in [-0.2, 0) is 10.8 Å². The number of aryl methyl sites for hydroxylation is 3. The summed E-state index contributed by atoms with van der Waals surface area (Å²) in [4.78, 5) is 0. The van der Waals surface area contributed by atoms with Crippen LogP contribution >= 0.6 is 0 Å². The van der Waals surface area contributed by atoms with Gasteiger partial charge in [0, 0.05) is 11.1 Å². The van der Waals surface area contributed by atoms with Crippen LogP contribution in [0, 0.1) is 20.8 Å². The minimum atomic E-state index is 0.0599. The molecule has 3 aromatic rings. The van der Waals surface area contributed by atoms with Crippen LogP contribution in [0.3, 0.4) is 0 Å². The Balaban J connectivity index is 0. The zero-order chi connectivity index (χ0) is 29.2. The van der Waals surface area contributed by atoms with E-state index in [0.717, 1.165) is 11.3 Å². The summed E-state index contributed by atoms with van der Waals surface area (Å²) in [5.41, 5.74) is 7.89. The van der Waals surface area contributed by atoms with Gasteiger partial charge in [-0.05, 0) is 54.4 Å². The Kier molecular flexibility index (Phi) is 18.1. The summed E-state index contributed by atoms with van der Waals surface area (Å²) in [5, 5.41) is 0. The molecule has 0 fully saturated rings. The Morgan fingerprint density at radius 1 is 0.649 bits per heavy atom. The lowest BCUT2D eigenvalue weighted by atomic mass is 9.79. The summed E-state index contributed by atoms with van der Waals surface area (Å²) < 4.78 is 5.59. The Labute approximate surface area is 231 Å². The molecule has 0 aromatic heterocycles. The van der Waals surface area contributed by atoms with Gasteiger partial charge in [0.1, 0.15) is 5.75 Å². The predicted octanol–water partition coefficient (Wildman–Crippen LogP) is 11.3. The normalized spacial score (nSPS) is 10.0. The van der Waals surface area contributed by atoms with E-state index in [9.17, 15) is 0 Å². The van der Waals surface area contributed by atoms with Crippen molar-refractivity contribution >= 4 is 6.08 Å². The lowest BCUT2D eigenvalue weighted by molar-refractivity contribution is 0.395. The van der Waals surface area contributed by atoms with Gasteiger partial charge in [0.15, 0.2) is 0 Å². The average Bonchev–Trinajstić information content (AvgIpc) is 2.87. The van der Waals surface area contributed by atoms with E-state index >= 15 is 0 Å². The minimum absolute atomic E-state index is 0.0599. The minimum Gasteiger partial charge on any atom is -0.496 e. The first kappa shape index (κ1) is 36.4. The highest BCUT2D eigenvalue weighted by atomic mass is 16.5. The van der Waals surface area contributed by atoms with E-state index in [1.165, 1.54) is 27.8 Å². The van der Waals surface area contributed by atoms with Crippen molar-refractivity contribution in [1.29, 1.82) is 0 Å². The van der Waals surface area contributed by atoms with Gasteiger partial charge in [0.05, 0.1) is 7.11 Å². The van der Waals surface area contributed by atoms with E-state index < -0.39 is 0 Å². The zero-order valence-corrected chi connectivity index (χ0v) is 26.5. The molecule has 0 saturated carbocycles. The van der Waals surface area contributed by atoms with Gasteiger partial charge in [-0.2, -0.15) is 0 Å².